The molecule has 0 fully saturated rings. The number of hydrogen-bond donors (Lipinski definition) is 1. The number of benzene rings is 1. The Labute approximate surface area is 112 Å². The van der Waals surface area contributed by atoms with Gasteiger partial charge in [-0.3, -0.25) is 4.98 Å². The van der Waals surface area contributed by atoms with Gasteiger partial charge in [0.1, 0.15) is 11.6 Å². The lowest BCUT2D eigenvalue weighted by atomic mass is 9.99. The van der Waals surface area contributed by atoms with E-state index in [4.69, 9.17) is 10.5 Å². The van der Waals surface area contributed by atoms with E-state index >= 15 is 0 Å². The topological polar surface area (TPSA) is 48.1 Å². The first-order chi connectivity index (χ1) is 9.11. The summed E-state index contributed by atoms with van der Waals surface area (Å²) in [6, 6.07) is 6.41. The number of aromatic nitrogens is 1. The van der Waals surface area contributed by atoms with Gasteiger partial charge in [-0.1, -0.05) is 12.1 Å². The van der Waals surface area contributed by atoms with Gasteiger partial charge in [0.25, 0.3) is 0 Å². The Morgan fingerprint density at radius 2 is 2.05 bits per heavy atom. The van der Waals surface area contributed by atoms with Crippen molar-refractivity contribution in [2.24, 2.45) is 5.73 Å². The molecular weight excluding hydrogens is 243 g/mol. The Kier molecular flexibility index (Phi) is 4.12. The van der Waals surface area contributed by atoms with Crippen molar-refractivity contribution < 1.29 is 9.13 Å². The Bertz CT molecular complexity index is 572. The minimum absolute atomic E-state index is 0.225. The molecular formula is C15H17FN2O. The number of pyridine rings is 1. The van der Waals surface area contributed by atoms with Gasteiger partial charge in [-0.05, 0) is 42.7 Å². The largest absolute Gasteiger partial charge is 0.492 e. The molecule has 0 aliphatic carbocycles. The number of halogens is 1. The lowest BCUT2D eigenvalue weighted by molar-refractivity contribution is 0.338. The summed E-state index contributed by atoms with van der Waals surface area (Å²) in [7, 11) is 0. The van der Waals surface area contributed by atoms with Gasteiger partial charge in [-0.25, -0.2) is 4.39 Å². The number of ether oxygens (including phenoxy) is 1. The number of aryl methyl sites for hydroxylation is 1. The van der Waals surface area contributed by atoms with E-state index < -0.39 is 0 Å². The van der Waals surface area contributed by atoms with Crippen LogP contribution in [0.15, 0.2) is 36.7 Å². The zero-order chi connectivity index (χ0) is 13.8. The third-order valence-corrected chi connectivity index (χ3v) is 2.95. The van der Waals surface area contributed by atoms with Crippen LogP contribution >= 0.6 is 0 Å². The van der Waals surface area contributed by atoms with Crippen LogP contribution in [0.4, 0.5) is 4.39 Å². The zero-order valence-corrected chi connectivity index (χ0v) is 11.1. The van der Waals surface area contributed by atoms with E-state index in [0.717, 1.165) is 11.1 Å². The summed E-state index contributed by atoms with van der Waals surface area (Å²) in [4.78, 5) is 4.11. The molecule has 1 heterocycles. The summed E-state index contributed by atoms with van der Waals surface area (Å²) in [5.74, 6) is 0.464. The van der Waals surface area contributed by atoms with Crippen molar-refractivity contribution in [2.75, 3.05) is 6.61 Å². The minimum atomic E-state index is -0.341. The maximum Gasteiger partial charge on any atom is 0.137 e. The van der Waals surface area contributed by atoms with E-state index in [9.17, 15) is 4.39 Å². The highest BCUT2D eigenvalue weighted by Gasteiger charge is 2.11. The lowest BCUT2D eigenvalue weighted by Gasteiger charge is -2.14. The smallest absolute Gasteiger partial charge is 0.137 e. The summed E-state index contributed by atoms with van der Waals surface area (Å²) in [6.45, 7) is 4.21. The van der Waals surface area contributed by atoms with Crippen LogP contribution in [0.25, 0.3) is 0 Å². The van der Waals surface area contributed by atoms with Crippen molar-refractivity contribution in [1.82, 2.24) is 4.98 Å². The Balaban J connectivity index is 2.29. The fraction of sp³-hybridized carbons (Fsp3) is 0.267. The molecule has 1 aromatic heterocycles. The van der Waals surface area contributed by atoms with Crippen molar-refractivity contribution in [3.8, 4) is 5.75 Å². The van der Waals surface area contributed by atoms with Crippen LogP contribution in [0.3, 0.4) is 0 Å². The predicted molar refractivity (Wildman–Crippen MR) is 72.6 cm³/mol. The van der Waals surface area contributed by atoms with Crippen molar-refractivity contribution in [2.45, 2.75) is 19.9 Å². The van der Waals surface area contributed by atoms with E-state index in [2.05, 4.69) is 4.98 Å². The highest BCUT2D eigenvalue weighted by molar-refractivity contribution is 5.35. The SMILES string of the molecule is CCOc1cncc(C(N)c2ccc(F)c(C)c2)c1. The molecule has 0 saturated heterocycles. The Morgan fingerprint density at radius 3 is 2.74 bits per heavy atom. The van der Waals surface area contributed by atoms with E-state index in [0.29, 0.717) is 17.9 Å². The number of nitrogens with two attached hydrogens (primary N) is 1. The summed E-state index contributed by atoms with van der Waals surface area (Å²) >= 11 is 0. The van der Waals surface area contributed by atoms with E-state index in [1.54, 1.807) is 31.5 Å². The predicted octanol–water partition coefficient (Wildman–Crippen LogP) is 2.98. The average Bonchev–Trinajstić information content (AvgIpc) is 2.42. The second-order valence-electron chi connectivity index (χ2n) is 4.37. The minimum Gasteiger partial charge on any atom is -0.492 e. The molecule has 0 saturated carbocycles. The van der Waals surface area contributed by atoms with Gasteiger partial charge >= 0.3 is 0 Å². The second kappa shape index (κ2) is 5.80. The van der Waals surface area contributed by atoms with E-state index in [1.807, 2.05) is 13.0 Å². The van der Waals surface area contributed by atoms with Gasteiger partial charge in [-0.2, -0.15) is 0 Å². The third kappa shape index (κ3) is 3.09. The van der Waals surface area contributed by atoms with Crippen molar-refractivity contribution in [3.63, 3.8) is 0 Å². The Morgan fingerprint density at radius 1 is 1.26 bits per heavy atom. The molecule has 4 heteroatoms. The van der Waals surface area contributed by atoms with Crippen molar-refractivity contribution in [3.05, 3.63) is 59.2 Å². The van der Waals surface area contributed by atoms with Gasteiger partial charge in [-0.15, -0.1) is 0 Å². The van der Waals surface area contributed by atoms with Crippen LogP contribution in [-0.2, 0) is 0 Å². The molecule has 3 nitrogen and oxygen atoms in total. The first kappa shape index (κ1) is 13.5. The fourth-order valence-electron chi connectivity index (χ4n) is 1.91. The van der Waals surface area contributed by atoms with Gasteiger partial charge < -0.3 is 10.5 Å². The van der Waals surface area contributed by atoms with Crippen LogP contribution < -0.4 is 10.5 Å². The van der Waals surface area contributed by atoms with Crippen LogP contribution in [0.5, 0.6) is 5.75 Å². The maximum atomic E-state index is 13.3. The van der Waals surface area contributed by atoms with Gasteiger partial charge in [0, 0.05) is 6.20 Å². The monoisotopic (exact) mass is 260 g/mol. The van der Waals surface area contributed by atoms with Crippen molar-refractivity contribution in [1.29, 1.82) is 0 Å². The van der Waals surface area contributed by atoms with E-state index in [-0.39, 0.29) is 11.9 Å². The Hall–Kier alpha value is -1.94. The summed E-state index contributed by atoms with van der Waals surface area (Å²) in [6.07, 6.45) is 3.35. The molecule has 1 aromatic carbocycles. The third-order valence-electron chi connectivity index (χ3n) is 2.95. The highest BCUT2D eigenvalue weighted by Crippen LogP contribution is 2.23. The fourth-order valence-corrected chi connectivity index (χ4v) is 1.91. The summed E-state index contributed by atoms with van der Waals surface area (Å²) in [5, 5.41) is 0. The molecule has 0 amide bonds. The molecule has 2 aromatic rings. The maximum absolute atomic E-state index is 13.3. The standard InChI is InChI=1S/C15H17FN2O/c1-3-19-13-7-12(8-18-9-13)15(17)11-4-5-14(16)10(2)6-11/h4-9,15H,3,17H2,1-2H3. The molecule has 0 radical (unpaired) electrons. The molecule has 2 N–H and O–H groups in total. The first-order valence-electron chi connectivity index (χ1n) is 6.21. The molecule has 0 aliphatic rings. The molecule has 2 rings (SSSR count). The average molecular weight is 260 g/mol. The van der Waals surface area contributed by atoms with Crippen LogP contribution in [0.2, 0.25) is 0 Å². The number of rotatable bonds is 4. The van der Waals surface area contributed by atoms with Crippen LogP contribution in [0, 0.1) is 12.7 Å². The molecule has 100 valence electrons. The number of hydrogen-bond acceptors (Lipinski definition) is 3. The second-order valence-corrected chi connectivity index (χ2v) is 4.37. The molecule has 0 aliphatic heterocycles. The van der Waals surface area contributed by atoms with Gasteiger partial charge in [0.2, 0.25) is 0 Å². The lowest BCUT2D eigenvalue weighted by Crippen LogP contribution is -2.12. The molecule has 1 unspecified atom stereocenters. The van der Waals surface area contributed by atoms with Gasteiger partial charge in [0.05, 0.1) is 18.8 Å². The molecule has 19 heavy (non-hydrogen) atoms. The molecule has 1 atom stereocenters. The van der Waals surface area contributed by atoms with Crippen LogP contribution in [0.1, 0.15) is 29.7 Å². The van der Waals surface area contributed by atoms with Crippen LogP contribution in [-0.4, -0.2) is 11.6 Å². The molecule has 0 spiro atoms. The summed E-state index contributed by atoms with van der Waals surface area (Å²) < 4.78 is 18.7. The van der Waals surface area contributed by atoms with Crippen molar-refractivity contribution >= 4 is 0 Å². The number of nitrogens with zero attached hydrogens (tertiary/aromatic N) is 1. The van der Waals surface area contributed by atoms with Gasteiger partial charge in [0.15, 0.2) is 0 Å². The zero-order valence-electron chi connectivity index (χ0n) is 11.1. The highest BCUT2D eigenvalue weighted by atomic mass is 19.1. The summed E-state index contributed by atoms with van der Waals surface area (Å²) in [5.41, 5.74) is 8.47. The quantitative estimate of drug-likeness (QED) is 0.919. The molecule has 0 bridgehead atoms. The first-order valence-corrected chi connectivity index (χ1v) is 6.21. The van der Waals surface area contributed by atoms with E-state index in [1.165, 1.54) is 6.07 Å². The normalized spacial score (nSPS) is 12.2.